The standard InChI is InChI=1S/C23H25ClO10/c1-23(2,22(30)31)34-14-9-5-12(6-10-14)18(11-3-7-13(24)8-4-11)32-21-17(27)15(25)16(26)19(33-21)20(28)29/h3-10,15-19,21,25-27H,1-2H3,(H,28,29)(H,30,31)/t15-,16-,17+,18+,19-,21+/m1/s1. The van der Waals surface area contributed by atoms with E-state index in [1.54, 1.807) is 36.4 Å². The first-order valence-corrected chi connectivity index (χ1v) is 10.6. The predicted molar refractivity (Wildman–Crippen MR) is 117 cm³/mol. The number of hydrogen-bond donors (Lipinski definition) is 5. The topological polar surface area (TPSA) is 163 Å². The van der Waals surface area contributed by atoms with Gasteiger partial charge in [-0.05, 0) is 49.2 Å². The molecule has 3 rings (SSSR count). The number of rotatable bonds is 8. The maximum Gasteiger partial charge on any atom is 0.347 e. The van der Waals surface area contributed by atoms with E-state index in [0.29, 0.717) is 16.1 Å². The van der Waals surface area contributed by atoms with Crippen molar-refractivity contribution in [2.75, 3.05) is 0 Å². The molecule has 34 heavy (non-hydrogen) atoms. The number of hydrogen-bond acceptors (Lipinski definition) is 8. The van der Waals surface area contributed by atoms with Gasteiger partial charge in [-0.15, -0.1) is 0 Å². The number of carboxylic acids is 2. The van der Waals surface area contributed by atoms with E-state index >= 15 is 0 Å². The Labute approximate surface area is 199 Å². The van der Waals surface area contributed by atoms with E-state index in [-0.39, 0.29) is 5.75 Å². The van der Waals surface area contributed by atoms with Crippen molar-refractivity contribution in [3.63, 3.8) is 0 Å². The summed E-state index contributed by atoms with van der Waals surface area (Å²) in [7, 11) is 0. The van der Waals surface area contributed by atoms with Crippen molar-refractivity contribution < 1.29 is 49.3 Å². The molecule has 0 bridgehead atoms. The maximum atomic E-state index is 11.4. The molecule has 0 amide bonds. The minimum Gasteiger partial charge on any atom is -0.479 e. The van der Waals surface area contributed by atoms with Gasteiger partial charge in [0.1, 0.15) is 30.2 Å². The number of aliphatic hydroxyl groups is 3. The van der Waals surface area contributed by atoms with Gasteiger partial charge < -0.3 is 39.7 Å². The first kappa shape index (κ1) is 25.9. The molecule has 0 spiro atoms. The van der Waals surface area contributed by atoms with Gasteiger partial charge in [-0.3, -0.25) is 0 Å². The summed E-state index contributed by atoms with van der Waals surface area (Å²) in [6.45, 7) is 2.81. The molecule has 1 aliphatic heterocycles. The Morgan fingerprint density at radius 1 is 0.912 bits per heavy atom. The van der Waals surface area contributed by atoms with E-state index in [4.69, 9.17) is 25.8 Å². The van der Waals surface area contributed by atoms with Crippen molar-refractivity contribution in [3.05, 3.63) is 64.7 Å². The van der Waals surface area contributed by atoms with Crippen molar-refractivity contribution in [1.82, 2.24) is 0 Å². The zero-order valence-corrected chi connectivity index (χ0v) is 19.0. The third-order valence-corrected chi connectivity index (χ3v) is 5.58. The van der Waals surface area contributed by atoms with Gasteiger partial charge in [0.15, 0.2) is 18.0 Å². The van der Waals surface area contributed by atoms with Crippen LogP contribution in [-0.2, 0) is 19.1 Å². The molecule has 184 valence electrons. The van der Waals surface area contributed by atoms with Crippen LogP contribution in [0.2, 0.25) is 5.02 Å². The second-order valence-corrected chi connectivity index (χ2v) is 8.73. The van der Waals surface area contributed by atoms with Gasteiger partial charge in [0.2, 0.25) is 0 Å². The van der Waals surface area contributed by atoms with E-state index in [9.17, 15) is 35.1 Å². The Balaban J connectivity index is 1.91. The second kappa shape index (κ2) is 10.3. The van der Waals surface area contributed by atoms with Crippen molar-refractivity contribution in [1.29, 1.82) is 0 Å². The Hall–Kier alpha value is -2.73. The summed E-state index contributed by atoms with van der Waals surface area (Å²) < 4.78 is 16.7. The first-order chi connectivity index (χ1) is 15.9. The number of ether oxygens (including phenoxy) is 3. The summed E-state index contributed by atoms with van der Waals surface area (Å²) in [5, 5.41) is 49.4. The summed E-state index contributed by atoms with van der Waals surface area (Å²) in [5.41, 5.74) is -0.380. The van der Waals surface area contributed by atoms with Crippen LogP contribution in [0.3, 0.4) is 0 Å². The van der Waals surface area contributed by atoms with Crippen LogP contribution in [0.15, 0.2) is 48.5 Å². The van der Waals surface area contributed by atoms with Gasteiger partial charge in [0.05, 0.1) is 0 Å². The highest BCUT2D eigenvalue weighted by molar-refractivity contribution is 6.30. The monoisotopic (exact) mass is 496 g/mol. The van der Waals surface area contributed by atoms with Crippen LogP contribution in [0.4, 0.5) is 0 Å². The largest absolute Gasteiger partial charge is 0.479 e. The second-order valence-electron chi connectivity index (χ2n) is 8.29. The van der Waals surface area contributed by atoms with E-state index in [1.165, 1.54) is 26.0 Å². The van der Waals surface area contributed by atoms with Gasteiger partial charge in [0, 0.05) is 5.02 Å². The molecule has 0 radical (unpaired) electrons. The van der Waals surface area contributed by atoms with Gasteiger partial charge in [-0.2, -0.15) is 0 Å². The minimum atomic E-state index is -1.85. The lowest BCUT2D eigenvalue weighted by Gasteiger charge is -2.40. The molecule has 1 aliphatic rings. The van der Waals surface area contributed by atoms with Crippen LogP contribution in [0.25, 0.3) is 0 Å². The van der Waals surface area contributed by atoms with E-state index in [0.717, 1.165) is 0 Å². The minimum absolute atomic E-state index is 0.282. The fraction of sp³-hybridized carbons (Fsp3) is 0.391. The quantitative estimate of drug-likeness (QED) is 0.362. The Morgan fingerprint density at radius 3 is 1.94 bits per heavy atom. The molecule has 11 heteroatoms. The molecule has 10 nitrogen and oxygen atoms in total. The zero-order chi connectivity index (χ0) is 25.2. The number of aliphatic hydroxyl groups excluding tert-OH is 3. The highest BCUT2D eigenvalue weighted by Gasteiger charge is 2.48. The predicted octanol–water partition coefficient (Wildman–Crippen LogP) is 1.58. The molecule has 0 aliphatic carbocycles. The molecule has 0 saturated carbocycles. The van der Waals surface area contributed by atoms with E-state index in [1.807, 2.05) is 0 Å². The average Bonchev–Trinajstić information content (AvgIpc) is 2.78. The molecule has 1 saturated heterocycles. The molecule has 1 fully saturated rings. The van der Waals surface area contributed by atoms with Crippen LogP contribution in [0.5, 0.6) is 5.75 Å². The molecule has 0 aromatic heterocycles. The molecule has 2 aromatic rings. The first-order valence-electron chi connectivity index (χ1n) is 10.3. The third kappa shape index (κ3) is 5.66. The molecule has 2 aromatic carbocycles. The highest BCUT2D eigenvalue weighted by Crippen LogP contribution is 2.33. The number of halogens is 1. The van der Waals surface area contributed by atoms with E-state index < -0.39 is 54.3 Å². The van der Waals surface area contributed by atoms with Gasteiger partial charge in [-0.1, -0.05) is 35.9 Å². The lowest BCUT2D eigenvalue weighted by Crippen LogP contribution is -2.60. The Bertz CT molecular complexity index is 1010. The van der Waals surface area contributed by atoms with Crippen LogP contribution < -0.4 is 4.74 Å². The van der Waals surface area contributed by atoms with Crippen molar-refractivity contribution >= 4 is 23.5 Å². The van der Waals surface area contributed by atoms with Gasteiger partial charge in [0.25, 0.3) is 0 Å². The number of carboxylic acid groups (broad SMARTS) is 2. The maximum absolute atomic E-state index is 11.4. The third-order valence-electron chi connectivity index (χ3n) is 5.33. The van der Waals surface area contributed by atoms with Crippen molar-refractivity contribution in [3.8, 4) is 5.75 Å². The van der Waals surface area contributed by atoms with Crippen LogP contribution in [0.1, 0.15) is 31.1 Å². The average molecular weight is 497 g/mol. The van der Waals surface area contributed by atoms with Gasteiger partial charge in [-0.25, -0.2) is 9.59 Å². The smallest absolute Gasteiger partial charge is 0.347 e. The number of benzene rings is 2. The zero-order valence-electron chi connectivity index (χ0n) is 18.2. The Morgan fingerprint density at radius 2 is 1.44 bits per heavy atom. The van der Waals surface area contributed by atoms with Gasteiger partial charge >= 0.3 is 11.9 Å². The summed E-state index contributed by atoms with van der Waals surface area (Å²) in [6.07, 6.45) is -9.74. The van der Waals surface area contributed by atoms with E-state index in [2.05, 4.69) is 0 Å². The summed E-state index contributed by atoms with van der Waals surface area (Å²) >= 11 is 5.98. The molecular weight excluding hydrogens is 472 g/mol. The number of aliphatic carboxylic acids is 2. The molecule has 6 atom stereocenters. The highest BCUT2D eigenvalue weighted by atomic mass is 35.5. The fourth-order valence-electron chi connectivity index (χ4n) is 3.33. The van der Waals surface area contributed by atoms with Crippen molar-refractivity contribution in [2.45, 2.75) is 56.3 Å². The summed E-state index contributed by atoms with van der Waals surface area (Å²) in [4.78, 5) is 22.7. The number of carbonyl (C=O) groups is 2. The van der Waals surface area contributed by atoms with Crippen molar-refractivity contribution in [2.24, 2.45) is 0 Å². The molecule has 0 unspecified atom stereocenters. The van der Waals surface area contributed by atoms with Crippen LogP contribution >= 0.6 is 11.6 Å². The van der Waals surface area contributed by atoms with Crippen LogP contribution in [0, 0.1) is 0 Å². The summed E-state index contributed by atoms with van der Waals surface area (Å²) in [5.74, 6) is -2.39. The lowest BCUT2D eigenvalue weighted by molar-refractivity contribution is -0.302. The van der Waals surface area contributed by atoms with Crippen LogP contribution in [-0.4, -0.2) is 73.8 Å². The Kier molecular flexibility index (Phi) is 7.81. The summed E-state index contributed by atoms with van der Waals surface area (Å²) in [6, 6.07) is 12.8. The molecular formula is C23H25ClO10. The molecule has 1 heterocycles. The lowest BCUT2D eigenvalue weighted by atomic mass is 9.97. The normalized spacial score (nSPS) is 26.0. The molecule has 5 N–H and O–H groups in total. The SMILES string of the molecule is CC(C)(Oc1ccc([C@@H](O[C@H]2O[C@@H](C(=O)O)[C@H](O)[C@@H](O)[C@@H]2O)c2ccc(Cl)cc2)cc1)C(=O)O. The fourth-order valence-corrected chi connectivity index (χ4v) is 3.46.